The maximum atomic E-state index is 13.6. The number of sulfonamides is 1. The van der Waals surface area contributed by atoms with Crippen LogP contribution in [0.2, 0.25) is 0 Å². The van der Waals surface area contributed by atoms with E-state index in [1.807, 2.05) is 26.0 Å². The predicted octanol–water partition coefficient (Wildman–Crippen LogP) is 4.95. The second kappa shape index (κ2) is 9.21. The second-order valence-corrected chi connectivity index (χ2v) is 10.8. The highest BCUT2D eigenvalue weighted by atomic mass is 32.2. The summed E-state index contributed by atoms with van der Waals surface area (Å²) in [5.41, 5.74) is 7.08. The Hall–Kier alpha value is -2.05. The Balaban J connectivity index is 1.89. The molecule has 0 bridgehead atoms. The number of hydrogen-bond donors (Lipinski definition) is 0. The maximum Gasteiger partial charge on any atom is 0.246 e. The van der Waals surface area contributed by atoms with Gasteiger partial charge in [0, 0.05) is 31.9 Å². The Bertz CT molecular complexity index is 1030. The van der Waals surface area contributed by atoms with E-state index in [0.717, 1.165) is 11.1 Å². The van der Waals surface area contributed by atoms with Gasteiger partial charge < -0.3 is 9.64 Å². The summed E-state index contributed by atoms with van der Waals surface area (Å²) in [6, 6.07) is 8.08. The van der Waals surface area contributed by atoms with Crippen molar-refractivity contribution in [2.24, 2.45) is 0 Å². The van der Waals surface area contributed by atoms with Gasteiger partial charge in [0.25, 0.3) is 0 Å². The van der Waals surface area contributed by atoms with Crippen LogP contribution in [0, 0.1) is 27.7 Å². The van der Waals surface area contributed by atoms with Crippen LogP contribution in [0.3, 0.4) is 0 Å². The summed E-state index contributed by atoms with van der Waals surface area (Å²) in [6.07, 6.45) is 0. The maximum absolute atomic E-state index is 13.6. The van der Waals surface area contributed by atoms with Crippen molar-refractivity contribution < 1.29 is 13.2 Å². The molecule has 0 amide bonds. The predicted molar refractivity (Wildman–Crippen MR) is 128 cm³/mol. The Morgan fingerprint density at radius 2 is 1.48 bits per heavy atom. The molecule has 0 spiro atoms. The molecule has 0 aromatic heterocycles. The Morgan fingerprint density at radius 3 is 2.00 bits per heavy atom. The molecular formula is C25H36N2O3S. The average Bonchev–Trinajstić information content (AvgIpc) is 2.67. The fourth-order valence-corrected chi connectivity index (χ4v) is 6.30. The zero-order chi connectivity index (χ0) is 22.9. The fraction of sp³-hybridized carbons (Fsp3) is 0.520. The number of piperazine rings is 1. The fourth-order valence-electron chi connectivity index (χ4n) is 4.73. The molecule has 1 saturated heterocycles. The van der Waals surface area contributed by atoms with E-state index in [2.05, 4.69) is 51.7 Å². The summed E-state index contributed by atoms with van der Waals surface area (Å²) in [5, 5.41) is 0. The third-order valence-corrected chi connectivity index (χ3v) is 7.98. The van der Waals surface area contributed by atoms with E-state index < -0.39 is 10.0 Å². The molecule has 31 heavy (non-hydrogen) atoms. The van der Waals surface area contributed by atoms with Crippen molar-refractivity contribution in [3.63, 3.8) is 0 Å². The van der Waals surface area contributed by atoms with E-state index in [4.69, 9.17) is 4.74 Å². The van der Waals surface area contributed by atoms with Crippen LogP contribution in [-0.4, -0.2) is 45.5 Å². The molecule has 1 fully saturated rings. The summed E-state index contributed by atoms with van der Waals surface area (Å²) in [6.45, 7) is 17.2. The second-order valence-electron chi connectivity index (χ2n) is 8.88. The molecule has 0 unspecified atom stereocenters. The minimum atomic E-state index is -3.64. The van der Waals surface area contributed by atoms with Crippen molar-refractivity contribution in [3.8, 4) is 5.75 Å². The molecule has 170 valence electrons. The van der Waals surface area contributed by atoms with Crippen molar-refractivity contribution >= 4 is 15.7 Å². The molecular weight excluding hydrogens is 408 g/mol. The normalized spacial score (nSPS) is 15.5. The number of hydrogen-bond acceptors (Lipinski definition) is 4. The Labute approximate surface area is 188 Å². The van der Waals surface area contributed by atoms with Gasteiger partial charge in [0.1, 0.15) is 10.6 Å². The van der Waals surface area contributed by atoms with Crippen molar-refractivity contribution in [2.75, 3.05) is 37.7 Å². The van der Waals surface area contributed by atoms with Gasteiger partial charge in [-0.05, 0) is 74.9 Å². The summed E-state index contributed by atoms with van der Waals surface area (Å²) in [4.78, 5) is 2.61. The average molecular weight is 445 g/mol. The van der Waals surface area contributed by atoms with Crippen molar-refractivity contribution in [1.82, 2.24) is 4.31 Å². The van der Waals surface area contributed by atoms with Crippen molar-refractivity contribution in [1.29, 1.82) is 0 Å². The molecule has 0 radical (unpaired) electrons. The molecule has 1 heterocycles. The molecule has 1 aliphatic heterocycles. The van der Waals surface area contributed by atoms with Crippen LogP contribution in [0.25, 0.3) is 0 Å². The van der Waals surface area contributed by atoms with E-state index in [1.165, 1.54) is 22.4 Å². The first-order valence-electron chi connectivity index (χ1n) is 11.2. The van der Waals surface area contributed by atoms with Crippen LogP contribution in [0.4, 0.5) is 5.69 Å². The van der Waals surface area contributed by atoms with Crippen LogP contribution in [0.15, 0.2) is 29.2 Å². The molecule has 2 aromatic rings. The monoisotopic (exact) mass is 444 g/mol. The SMILES string of the molecule is CCOc1cc(C)c(C(C)C)cc1S(=O)(=O)N1CCN(c2c(C)cc(C)cc2C)CC1. The molecule has 0 atom stereocenters. The Kier molecular flexibility index (Phi) is 7.01. The van der Waals surface area contributed by atoms with E-state index in [9.17, 15) is 8.42 Å². The smallest absolute Gasteiger partial charge is 0.246 e. The van der Waals surface area contributed by atoms with Crippen LogP contribution in [-0.2, 0) is 10.0 Å². The van der Waals surface area contributed by atoms with Crippen LogP contribution >= 0.6 is 0 Å². The van der Waals surface area contributed by atoms with Gasteiger partial charge in [-0.2, -0.15) is 4.31 Å². The van der Waals surface area contributed by atoms with Crippen molar-refractivity contribution in [2.45, 2.75) is 59.3 Å². The summed E-state index contributed by atoms with van der Waals surface area (Å²) in [7, 11) is -3.64. The van der Waals surface area contributed by atoms with Crippen LogP contribution < -0.4 is 9.64 Å². The number of nitrogens with zero attached hydrogens (tertiary/aromatic N) is 2. The summed E-state index contributed by atoms with van der Waals surface area (Å²) < 4.78 is 34.6. The zero-order valence-electron chi connectivity index (χ0n) is 19.9. The number of anilines is 1. The molecule has 0 N–H and O–H groups in total. The number of aryl methyl sites for hydroxylation is 4. The number of rotatable bonds is 6. The van der Waals surface area contributed by atoms with Crippen LogP contribution in [0.5, 0.6) is 5.75 Å². The molecule has 6 heteroatoms. The Morgan fingerprint density at radius 1 is 0.903 bits per heavy atom. The van der Waals surface area contributed by atoms with Gasteiger partial charge in [0.2, 0.25) is 10.0 Å². The van der Waals surface area contributed by atoms with Crippen molar-refractivity contribution in [3.05, 3.63) is 52.1 Å². The largest absolute Gasteiger partial charge is 0.492 e. The molecule has 0 aliphatic carbocycles. The standard InChI is InChI=1S/C25H36N2O3S/c1-8-30-23-15-19(5)22(17(2)3)16-24(23)31(28,29)27-11-9-26(10-12-27)25-20(6)13-18(4)14-21(25)7/h13-17H,8-12H2,1-7H3. The lowest BCUT2D eigenvalue weighted by Gasteiger charge is -2.37. The molecule has 0 saturated carbocycles. The van der Waals surface area contributed by atoms with E-state index >= 15 is 0 Å². The third-order valence-electron chi connectivity index (χ3n) is 6.06. The lowest BCUT2D eigenvalue weighted by Crippen LogP contribution is -2.49. The quantitative estimate of drug-likeness (QED) is 0.632. The van der Waals surface area contributed by atoms with Gasteiger partial charge in [0.05, 0.1) is 6.61 Å². The highest BCUT2D eigenvalue weighted by Gasteiger charge is 2.32. The van der Waals surface area contributed by atoms with Gasteiger partial charge >= 0.3 is 0 Å². The topological polar surface area (TPSA) is 49.9 Å². The van der Waals surface area contributed by atoms with Gasteiger partial charge in [-0.3, -0.25) is 0 Å². The first-order valence-corrected chi connectivity index (χ1v) is 12.6. The minimum absolute atomic E-state index is 0.244. The number of benzene rings is 2. The first-order chi connectivity index (χ1) is 14.6. The van der Waals surface area contributed by atoms with Gasteiger partial charge in [-0.15, -0.1) is 0 Å². The highest BCUT2D eigenvalue weighted by molar-refractivity contribution is 7.89. The van der Waals surface area contributed by atoms with E-state index in [0.29, 0.717) is 43.4 Å². The molecule has 1 aliphatic rings. The zero-order valence-corrected chi connectivity index (χ0v) is 20.8. The lowest BCUT2D eigenvalue weighted by molar-refractivity contribution is 0.327. The van der Waals surface area contributed by atoms with E-state index in [-0.39, 0.29) is 5.92 Å². The lowest BCUT2D eigenvalue weighted by atomic mass is 9.98. The number of ether oxygens (including phenoxy) is 1. The van der Waals surface area contributed by atoms with Gasteiger partial charge in [-0.1, -0.05) is 31.5 Å². The third kappa shape index (κ3) is 4.75. The summed E-state index contributed by atoms with van der Waals surface area (Å²) in [5.74, 6) is 0.700. The first kappa shape index (κ1) is 23.6. The molecule has 3 rings (SSSR count). The van der Waals surface area contributed by atoms with Gasteiger partial charge in [0.15, 0.2) is 0 Å². The molecule has 2 aromatic carbocycles. The molecule has 5 nitrogen and oxygen atoms in total. The van der Waals surface area contributed by atoms with Gasteiger partial charge in [-0.25, -0.2) is 8.42 Å². The minimum Gasteiger partial charge on any atom is -0.492 e. The highest BCUT2D eigenvalue weighted by Crippen LogP contribution is 2.34. The van der Waals surface area contributed by atoms with Crippen LogP contribution in [0.1, 0.15) is 54.5 Å². The van der Waals surface area contributed by atoms with E-state index in [1.54, 1.807) is 4.31 Å². The summed E-state index contributed by atoms with van der Waals surface area (Å²) >= 11 is 0.